The summed E-state index contributed by atoms with van der Waals surface area (Å²) in [6.45, 7) is 11.8. The molecule has 0 aromatic rings. The van der Waals surface area contributed by atoms with Crippen LogP contribution in [0.2, 0.25) is 0 Å². The van der Waals surface area contributed by atoms with Gasteiger partial charge in [-0.2, -0.15) is 0 Å². The summed E-state index contributed by atoms with van der Waals surface area (Å²) in [6, 6.07) is 0.682. The molecule has 0 bridgehead atoms. The van der Waals surface area contributed by atoms with Crippen molar-refractivity contribution < 1.29 is 5.11 Å². The monoisotopic (exact) mass is 242 g/mol. The summed E-state index contributed by atoms with van der Waals surface area (Å²) in [5.41, 5.74) is 0.218. The van der Waals surface area contributed by atoms with Gasteiger partial charge in [-0.25, -0.2) is 0 Å². The third-order valence-corrected chi connectivity index (χ3v) is 3.79. The van der Waals surface area contributed by atoms with Crippen molar-refractivity contribution in [3.63, 3.8) is 0 Å². The largest absolute Gasteiger partial charge is 0.396 e. The van der Waals surface area contributed by atoms with Crippen LogP contribution in [0.15, 0.2) is 0 Å². The Balaban J connectivity index is 2.17. The minimum absolute atomic E-state index is 0.218. The molecule has 0 spiro atoms. The summed E-state index contributed by atoms with van der Waals surface area (Å²) in [5, 5.41) is 12.7. The second-order valence-corrected chi connectivity index (χ2v) is 6.13. The number of hydrogen-bond donors (Lipinski definition) is 2. The zero-order valence-corrected chi connectivity index (χ0v) is 11.8. The topological polar surface area (TPSA) is 35.5 Å². The number of hydrogen-bond acceptors (Lipinski definition) is 3. The fourth-order valence-electron chi connectivity index (χ4n) is 2.49. The lowest BCUT2D eigenvalue weighted by Crippen LogP contribution is -2.45. The molecule has 0 radical (unpaired) electrons. The van der Waals surface area contributed by atoms with Crippen molar-refractivity contribution >= 4 is 0 Å². The van der Waals surface area contributed by atoms with Crippen LogP contribution < -0.4 is 5.32 Å². The van der Waals surface area contributed by atoms with E-state index in [1.807, 2.05) is 0 Å². The van der Waals surface area contributed by atoms with Gasteiger partial charge in [0, 0.05) is 19.2 Å². The van der Waals surface area contributed by atoms with Gasteiger partial charge in [0.1, 0.15) is 0 Å². The highest BCUT2D eigenvalue weighted by molar-refractivity contribution is 4.80. The summed E-state index contributed by atoms with van der Waals surface area (Å²) >= 11 is 0. The number of aliphatic hydroxyl groups excluding tert-OH is 1. The summed E-state index contributed by atoms with van der Waals surface area (Å²) in [5.74, 6) is 0. The van der Waals surface area contributed by atoms with Gasteiger partial charge in [-0.05, 0) is 50.7 Å². The van der Waals surface area contributed by atoms with E-state index in [0.717, 1.165) is 13.0 Å². The van der Waals surface area contributed by atoms with Crippen LogP contribution in [0.4, 0.5) is 0 Å². The Bertz CT molecular complexity index is 198. The molecule has 0 aromatic heterocycles. The molecule has 17 heavy (non-hydrogen) atoms. The van der Waals surface area contributed by atoms with Crippen LogP contribution in [0, 0.1) is 5.41 Å². The number of aliphatic hydroxyl groups is 1. The van der Waals surface area contributed by atoms with Crippen molar-refractivity contribution in [1.82, 2.24) is 10.2 Å². The van der Waals surface area contributed by atoms with Crippen LogP contribution in [0.1, 0.15) is 46.5 Å². The van der Waals surface area contributed by atoms with Gasteiger partial charge in [0.25, 0.3) is 0 Å². The second-order valence-electron chi connectivity index (χ2n) is 6.13. The van der Waals surface area contributed by atoms with E-state index in [4.69, 9.17) is 5.11 Å². The maximum atomic E-state index is 9.00. The lowest BCUT2D eigenvalue weighted by Gasteiger charge is -2.34. The number of nitrogens with zero attached hydrogens (tertiary/aromatic N) is 1. The fourth-order valence-corrected chi connectivity index (χ4v) is 2.49. The first-order valence-corrected chi connectivity index (χ1v) is 7.14. The maximum absolute atomic E-state index is 9.00. The number of piperidine rings is 1. The van der Waals surface area contributed by atoms with E-state index in [1.165, 1.54) is 38.9 Å². The molecule has 0 aromatic carbocycles. The first-order valence-electron chi connectivity index (χ1n) is 7.14. The van der Waals surface area contributed by atoms with Crippen molar-refractivity contribution in [3.05, 3.63) is 0 Å². The number of rotatable bonds is 7. The highest BCUT2D eigenvalue weighted by Gasteiger charge is 2.22. The number of nitrogens with one attached hydrogen (secondary N) is 1. The van der Waals surface area contributed by atoms with Gasteiger partial charge in [-0.3, -0.25) is 0 Å². The minimum atomic E-state index is 0.218. The summed E-state index contributed by atoms with van der Waals surface area (Å²) in [6.07, 6.45) is 4.70. The Morgan fingerprint density at radius 3 is 2.47 bits per heavy atom. The molecule has 3 nitrogen and oxygen atoms in total. The average Bonchev–Trinajstić information content (AvgIpc) is 2.29. The molecule has 0 saturated carbocycles. The van der Waals surface area contributed by atoms with E-state index in [-0.39, 0.29) is 5.41 Å². The Labute approximate surface area is 107 Å². The molecule has 1 saturated heterocycles. The lowest BCUT2D eigenvalue weighted by atomic mass is 9.89. The second kappa shape index (κ2) is 7.34. The maximum Gasteiger partial charge on any atom is 0.0436 e. The van der Waals surface area contributed by atoms with Crippen LogP contribution in [0.3, 0.4) is 0 Å². The van der Waals surface area contributed by atoms with Gasteiger partial charge in [0.05, 0.1) is 0 Å². The SMILES string of the molecule is CCCN1CCC(NCC(C)(C)CCO)CC1. The molecule has 0 unspecified atom stereocenters. The Morgan fingerprint density at radius 1 is 1.29 bits per heavy atom. The van der Waals surface area contributed by atoms with Crippen molar-refractivity contribution in [1.29, 1.82) is 0 Å². The van der Waals surface area contributed by atoms with Gasteiger partial charge >= 0.3 is 0 Å². The Morgan fingerprint density at radius 2 is 1.94 bits per heavy atom. The van der Waals surface area contributed by atoms with Gasteiger partial charge in [0.2, 0.25) is 0 Å². The highest BCUT2D eigenvalue weighted by Crippen LogP contribution is 2.19. The van der Waals surface area contributed by atoms with E-state index >= 15 is 0 Å². The molecule has 0 aliphatic carbocycles. The molecule has 1 rings (SSSR count). The molecule has 1 fully saturated rings. The molecule has 2 N–H and O–H groups in total. The third-order valence-electron chi connectivity index (χ3n) is 3.79. The zero-order chi connectivity index (χ0) is 12.7. The molecule has 1 aliphatic heterocycles. The van der Waals surface area contributed by atoms with Crippen LogP contribution in [0.25, 0.3) is 0 Å². The molecule has 1 aliphatic rings. The Hall–Kier alpha value is -0.120. The van der Waals surface area contributed by atoms with Gasteiger partial charge in [-0.15, -0.1) is 0 Å². The molecule has 1 heterocycles. The summed E-state index contributed by atoms with van der Waals surface area (Å²) < 4.78 is 0. The van der Waals surface area contributed by atoms with E-state index < -0.39 is 0 Å². The van der Waals surface area contributed by atoms with E-state index in [2.05, 4.69) is 31.0 Å². The molecular formula is C14H30N2O. The van der Waals surface area contributed by atoms with Crippen LogP contribution in [-0.2, 0) is 0 Å². The number of likely N-dealkylation sites (tertiary alicyclic amines) is 1. The molecule has 0 atom stereocenters. The molecule has 3 heteroatoms. The third kappa shape index (κ3) is 5.84. The Kier molecular flexibility index (Phi) is 6.45. The molecular weight excluding hydrogens is 212 g/mol. The van der Waals surface area contributed by atoms with Gasteiger partial charge < -0.3 is 15.3 Å². The van der Waals surface area contributed by atoms with Gasteiger partial charge in [0.15, 0.2) is 0 Å². The van der Waals surface area contributed by atoms with Crippen molar-refractivity contribution in [3.8, 4) is 0 Å². The van der Waals surface area contributed by atoms with E-state index in [1.54, 1.807) is 0 Å². The average molecular weight is 242 g/mol. The first kappa shape index (κ1) is 14.9. The van der Waals surface area contributed by atoms with Crippen molar-refractivity contribution in [2.45, 2.75) is 52.5 Å². The summed E-state index contributed by atoms with van der Waals surface area (Å²) in [7, 11) is 0. The van der Waals surface area contributed by atoms with Gasteiger partial charge in [-0.1, -0.05) is 20.8 Å². The smallest absolute Gasteiger partial charge is 0.0436 e. The van der Waals surface area contributed by atoms with Crippen molar-refractivity contribution in [2.75, 3.05) is 32.8 Å². The van der Waals surface area contributed by atoms with E-state index in [9.17, 15) is 0 Å². The van der Waals surface area contributed by atoms with E-state index in [0.29, 0.717) is 12.6 Å². The predicted octanol–water partition coefficient (Wildman–Crippen LogP) is 1.86. The quantitative estimate of drug-likeness (QED) is 0.715. The first-order chi connectivity index (χ1) is 8.07. The normalized spacial score (nSPS) is 19.8. The molecule has 102 valence electrons. The standard InChI is InChI=1S/C14H30N2O/c1-4-8-16-9-5-13(6-10-16)15-12-14(2,3)7-11-17/h13,15,17H,4-12H2,1-3H3. The predicted molar refractivity (Wildman–Crippen MR) is 73.2 cm³/mol. The highest BCUT2D eigenvalue weighted by atomic mass is 16.3. The summed E-state index contributed by atoms with van der Waals surface area (Å²) in [4.78, 5) is 2.57. The minimum Gasteiger partial charge on any atom is -0.396 e. The van der Waals surface area contributed by atoms with Crippen LogP contribution >= 0.6 is 0 Å². The van der Waals surface area contributed by atoms with Crippen LogP contribution in [0.5, 0.6) is 0 Å². The zero-order valence-electron chi connectivity index (χ0n) is 11.8. The molecule has 0 amide bonds. The fraction of sp³-hybridized carbons (Fsp3) is 1.00. The lowest BCUT2D eigenvalue weighted by molar-refractivity contribution is 0.172. The van der Waals surface area contributed by atoms with Crippen molar-refractivity contribution in [2.24, 2.45) is 5.41 Å². The van der Waals surface area contributed by atoms with Crippen LogP contribution in [-0.4, -0.2) is 48.8 Å².